The van der Waals surface area contributed by atoms with Gasteiger partial charge >= 0.3 is 0 Å². The second kappa shape index (κ2) is 11.4. The van der Waals surface area contributed by atoms with E-state index in [9.17, 15) is 8.42 Å². The Morgan fingerprint density at radius 2 is 1.83 bits per heavy atom. The number of aliphatic imine (C=N–C) groups is 1. The fourth-order valence-electron chi connectivity index (χ4n) is 2.82. The SMILES string of the molecule is Cc1ccccc1CN=C(NCCS(C)(=O)=O)Nc1ccc2c(c1)OCCCO2.I. The Bertz CT molecular complexity index is 980. The van der Waals surface area contributed by atoms with E-state index in [0.29, 0.717) is 31.5 Å². The zero-order valence-electron chi connectivity index (χ0n) is 17.2. The highest BCUT2D eigenvalue weighted by atomic mass is 127. The number of hydrogen-bond donors (Lipinski definition) is 2. The van der Waals surface area contributed by atoms with Crippen LogP contribution < -0.4 is 20.1 Å². The third kappa shape index (κ3) is 7.67. The maximum atomic E-state index is 11.5. The van der Waals surface area contributed by atoms with Gasteiger partial charge in [0.1, 0.15) is 9.84 Å². The van der Waals surface area contributed by atoms with Gasteiger partial charge in [0, 0.05) is 31.0 Å². The van der Waals surface area contributed by atoms with Crippen molar-refractivity contribution in [2.75, 3.05) is 37.1 Å². The van der Waals surface area contributed by atoms with Gasteiger partial charge in [-0.1, -0.05) is 24.3 Å². The van der Waals surface area contributed by atoms with Crippen LogP contribution >= 0.6 is 24.0 Å². The standard InChI is InChI=1S/C21H27N3O4S.HI/c1-16-6-3-4-7-17(16)15-23-21(22-10-13-29(2,25)26)24-18-8-9-19-20(14-18)28-12-5-11-27-19;/h3-4,6-9,14H,5,10-13,15H2,1-2H3,(H2,22,23,24);1H. The summed E-state index contributed by atoms with van der Waals surface area (Å²) in [6.45, 7) is 4.03. The van der Waals surface area contributed by atoms with E-state index in [1.54, 1.807) is 0 Å². The zero-order chi connectivity index (χ0) is 20.7. The first-order valence-corrected chi connectivity index (χ1v) is 11.6. The van der Waals surface area contributed by atoms with Gasteiger partial charge in [-0.3, -0.25) is 0 Å². The largest absolute Gasteiger partial charge is 0.490 e. The molecule has 30 heavy (non-hydrogen) atoms. The van der Waals surface area contributed by atoms with Crippen molar-refractivity contribution in [3.8, 4) is 11.5 Å². The van der Waals surface area contributed by atoms with E-state index in [2.05, 4.69) is 15.6 Å². The van der Waals surface area contributed by atoms with E-state index in [1.807, 2.05) is 49.4 Å². The number of anilines is 1. The van der Waals surface area contributed by atoms with Crippen molar-refractivity contribution in [1.29, 1.82) is 0 Å². The van der Waals surface area contributed by atoms with Gasteiger partial charge in [-0.2, -0.15) is 0 Å². The van der Waals surface area contributed by atoms with Crippen molar-refractivity contribution in [2.45, 2.75) is 19.9 Å². The summed E-state index contributed by atoms with van der Waals surface area (Å²) in [6, 6.07) is 13.6. The number of nitrogens with one attached hydrogen (secondary N) is 2. The minimum Gasteiger partial charge on any atom is -0.490 e. The summed E-state index contributed by atoms with van der Waals surface area (Å²) in [5.74, 6) is 1.93. The predicted octanol–water partition coefficient (Wildman–Crippen LogP) is 3.38. The fourth-order valence-corrected chi connectivity index (χ4v) is 3.30. The molecule has 0 atom stereocenters. The molecule has 0 fully saturated rings. The third-order valence-electron chi connectivity index (χ3n) is 4.44. The molecular weight excluding hydrogens is 517 g/mol. The number of rotatable bonds is 6. The van der Waals surface area contributed by atoms with Crippen molar-refractivity contribution >= 4 is 45.5 Å². The van der Waals surface area contributed by atoms with E-state index < -0.39 is 9.84 Å². The number of benzene rings is 2. The summed E-state index contributed by atoms with van der Waals surface area (Å²) >= 11 is 0. The molecule has 0 unspecified atom stereocenters. The lowest BCUT2D eigenvalue weighted by atomic mass is 10.1. The second-order valence-electron chi connectivity index (χ2n) is 6.98. The van der Waals surface area contributed by atoms with E-state index in [-0.39, 0.29) is 36.3 Å². The molecule has 164 valence electrons. The number of guanidine groups is 1. The van der Waals surface area contributed by atoms with Gasteiger partial charge in [0.15, 0.2) is 17.5 Å². The van der Waals surface area contributed by atoms with Crippen molar-refractivity contribution < 1.29 is 17.9 Å². The maximum absolute atomic E-state index is 11.5. The lowest BCUT2D eigenvalue weighted by molar-refractivity contribution is 0.297. The molecule has 0 amide bonds. The number of nitrogens with zero attached hydrogens (tertiary/aromatic N) is 1. The fraction of sp³-hybridized carbons (Fsp3) is 0.381. The molecular formula is C21H28IN3O4S. The van der Waals surface area contributed by atoms with E-state index in [4.69, 9.17) is 9.47 Å². The zero-order valence-corrected chi connectivity index (χ0v) is 20.3. The van der Waals surface area contributed by atoms with Crippen LogP contribution in [0.15, 0.2) is 47.5 Å². The van der Waals surface area contributed by atoms with E-state index >= 15 is 0 Å². The molecule has 0 radical (unpaired) electrons. The lowest BCUT2D eigenvalue weighted by Crippen LogP contribution is -2.34. The molecule has 0 saturated carbocycles. The molecule has 7 nitrogen and oxygen atoms in total. The molecule has 3 rings (SSSR count). The van der Waals surface area contributed by atoms with Gasteiger partial charge in [0.2, 0.25) is 0 Å². The summed E-state index contributed by atoms with van der Waals surface area (Å²) in [5.41, 5.74) is 3.04. The predicted molar refractivity (Wildman–Crippen MR) is 131 cm³/mol. The number of hydrogen-bond acceptors (Lipinski definition) is 5. The molecule has 1 heterocycles. The summed E-state index contributed by atoms with van der Waals surface area (Å²) in [4.78, 5) is 4.63. The molecule has 2 aromatic rings. The van der Waals surface area contributed by atoms with Crippen LogP contribution in [0, 0.1) is 6.92 Å². The van der Waals surface area contributed by atoms with Gasteiger partial charge in [-0.05, 0) is 30.2 Å². The number of aryl methyl sites for hydroxylation is 1. The van der Waals surface area contributed by atoms with Crippen molar-refractivity contribution in [2.24, 2.45) is 4.99 Å². The first-order chi connectivity index (χ1) is 13.9. The minimum atomic E-state index is -3.06. The van der Waals surface area contributed by atoms with E-state index in [1.165, 1.54) is 6.26 Å². The molecule has 0 aromatic heterocycles. The van der Waals surface area contributed by atoms with Crippen molar-refractivity contribution in [1.82, 2.24) is 5.32 Å². The third-order valence-corrected chi connectivity index (χ3v) is 5.39. The number of ether oxygens (including phenoxy) is 2. The van der Waals surface area contributed by atoms with Crippen LogP contribution in [0.25, 0.3) is 0 Å². The Morgan fingerprint density at radius 1 is 1.10 bits per heavy atom. The van der Waals surface area contributed by atoms with Crippen LogP contribution in [0.3, 0.4) is 0 Å². The minimum absolute atomic E-state index is 0. The maximum Gasteiger partial charge on any atom is 0.196 e. The average molecular weight is 545 g/mol. The van der Waals surface area contributed by atoms with Gasteiger partial charge < -0.3 is 20.1 Å². The van der Waals surface area contributed by atoms with Crippen LogP contribution in [0.2, 0.25) is 0 Å². The van der Waals surface area contributed by atoms with Crippen LogP contribution in [-0.4, -0.2) is 46.1 Å². The highest BCUT2D eigenvalue weighted by molar-refractivity contribution is 14.0. The van der Waals surface area contributed by atoms with Crippen LogP contribution in [0.1, 0.15) is 17.5 Å². The summed E-state index contributed by atoms with van der Waals surface area (Å²) in [7, 11) is -3.06. The molecule has 0 saturated heterocycles. The molecule has 1 aliphatic heterocycles. The summed E-state index contributed by atoms with van der Waals surface area (Å²) < 4.78 is 34.3. The molecule has 2 aromatic carbocycles. The molecule has 1 aliphatic rings. The van der Waals surface area contributed by atoms with Gasteiger partial charge in [-0.15, -0.1) is 24.0 Å². The Hall–Kier alpha value is -2.01. The number of halogens is 1. The average Bonchev–Trinajstić information content (AvgIpc) is 2.91. The van der Waals surface area contributed by atoms with Crippen LogP contribution in [0.5, 0.6) is 11.5 Å². The topological polar surface area (TPSA) is 89.0 Å². The van der Waals surface area contributed by atoms with Crippen LogP contribution in [0.4, 0.5) is 5.69 Å². The van der Waals surface area contributed by atoms with E-state index in [0.717, 1.165) is 29.0 Å². The van der Waals surface area contributed by atoms with Gasteiger partial charge in [0.05, 0.1) is 25.5 Å². The van der Waals surface area contributed by atoms with Crippen molar-refractivity contribution in [3.05, 3.63) is 53.6 Å². The highest BCUT2D eigenvalue weighted by Gasteiger charge is 2.12. The smallest absolute Gasteiger partial charge is 0.196 e. The Kier molecular flexibility index (Phi) is 9.22. The quantitative estimate of drug-likeness (QED) is 0.329. The molecule has 0 bridgehead atoms. The molecule has 2 N–H and O–H groups in total. The normalized spacial score (nSPS) is 13.7. The summed E-state index contributed by atoms with van der Waals surface area (Å²) in [5, 5.41) is 6.33. The Morgan fingerprint density at radius 3 is 2.57 bits per heavy atom. The van der Waals surface area contributed by atoms with Gasteiger partial charge in [-0.25, -0.2) is 13.4 Å². The number of sulfone groups is 1. The second-order valence-corrected chi connectivity index (χ2v) is 9.24. The van der Waals surface area contributed by atoms with Crippen LogP contribution in [-0.2, 0) is 16.4 Å². The van der Waals surface area contributed by atoms with Crippen molar-refractivity contribution in [3.63, 3.8) is 0 Å². The molecule has 9 heteroatoms. The highest BCUT2D eigenvalue weighted by Crippen LogP contribution is 2.32. The molecule has 0 spiro atoms. The first-order valence-electron chi connectivity index (χ1n) is 9.58. The summed E-state index contributed by atoms with van der Waals surface area (Å²) in [6.07, 6.45) is 2.06. The molecule has 0 aliphatic carbocycles. The Balaban J connectivity index is 0.00000320. The van der Waals surface area contributed by atoms with Gasteiger partial charge in [0.25, 0.3) is 0 Å². The monoisotopic (exact) mass is 545 g/mol. The Labute approximate surface area is 195 Å². The number of fused-ring (bicyclic) bond motifs is 1. The first kappa shape index (κ1) is 24.3. The lowest BCUT2D eigenvalue weighted by Gasteiger charge is -2.15.